The zero-order chi connectivity index (χ0) is 18.6. The summed E-state index contributed by atoms with van der Waals surface area (Å²) >= 11 is 3.34. The molecule has 8 heteroatoms. The number of nitrogens with zero attached hydrogens (tertiary/aromatic N) is 1. The highest BCUT2D eigenvalue weighted by atomic mass is 79.9. The van der Waals surface area contributed by atoms with Gasteiger partial charge in [0.05, 0.1) is 12.3 Å². The number of anilines is 1. The second kappa shape index (κ2) is 5.72. The van der Waals surface area contributed by atoms with Crippen LogP contribution in [0.15, 0.2) is 34.8 Å². The van der Waals surface area contributed by atoms with Gasteiger partial charge in [-0.3, -0.25) is 14.5 Å². The maximum atomic E-state index is 13.1. The maximum absolute atomic E-state index is 13.1. The number of halogens is 1. The molecule has 0 saturated carbocycles. The number of ether oxygens (including phenoxy) is 1. The van der Waals surface area contributed by atoms with Gasteiger partial charge in [0, 0.05) is 28.1 Å². The minimum atomic E-state index is -2.20. The van der Waals surface area contributed by atoms with E-state index in [0.29, 0.717) is 23.2 Å². The van der Waals surface area contributed by atoms with Crippen LogP contribution in [0.5, 0.6) is 11.5 Å². The predicted molar refractivity (Wildman–Crippen MR) is 94.4 cm³/mol. The molecule has 0 saturated heterocycles. The summed E-state index contributed by atoms with van der Waals surface area (Å²) < 4.78 is 5.84. The van der Waals surface area contributed by atoms with Gasteiger partial charge >= 0.3 is 5.97 Å². The van der Waals surface area contributed by atoms with Crippen LogP contribution in [0.1, 0.15) is 16.7 Å². The first-order chi connectivity index (χ1) is 12.3. The van der Waals surface area contributed by atoms with Gasteiger partial charge in [-0.1, -0.05) is 22.0 Å². The number of fused-ring (bicyclic) bond motifs is 2. The standard InChI is InChI=1S/C18H14BrNO6/c19-11-2-1-3-12-16(11)18(25,17(24)20(12)8-15(22)23)10-6-9-4-5-26-14(9)7-13(10)21/h1-3,6-7,21,25H,4-5,8H2,(H,22,23). The van der Waals surface area contributed by atoms with Gasteiger partial charge in [0.25, 0.3) is 5.91 Å². The van der Waals surface area contributed by atoms with E-state index < -0.39 is 24.0 Å². The summed E-state index contributed by atoms with van der Waals surface area (Å²) in [7, 11) is 0. The number of aliphatic carboxylic acids is 1. The van der Waals surface area contributed by atoms with Gasteiger partial charge in [-0.2, -0.15) is 0 Å². The minimum Gasteiger partial charge on any atom is -0.507 e. The fourth-order valence-corrected chi connectivity index (χ4v) is 4.20. The number of amides is 1. The van der Waals surface area contributed by atoms with Crippen molar-refractivity contribution in [1.82, 2.24) is 0 Å². The normalized spacial score (nSPS) is 20.7. The van der Waals surface area contributed by atoms with Crippen molar-refractivity contribution in [1.29, 1.82) is 0 Å². The first kappa shape index (κ1) is 16.9. The molecule has 3 N–H and O–H groups in total. The summed E-state index contributed by atoms with van der Waals surface area (Å²) in [6.07, 6.45) is 0.592. The van der Waals surface area contributed by atoms with E-state index in [0.717, 1.165) is 10.5 Å². The monoisotopic (exact) mass is 419 g/mol. The highest BCUT2D eigenvalue weighted by molar-refractivity contribution is 9.10. The lowest BCUT2D eigenvalue weighted by Gasteiger charge is -2.25. The van der Waals surface area contributed by atoms with Crippen molar-refractivity contribution in [2.24, 2.45) is 0 Å². The summed E-state index contributed by atoms with van der Waals surface area (Å²) in [4.78, 5) is 25.3. The molecule has 0 aliphatic carbocycles. The Bertz CT molecular complexity index is 959. The zero-order valence-electron chi connectivity index (χ0n) is 13.4. The fraction of sp³-hybridized carbons (Fsp3) is 0.222. The summed E-state index contributed by atoms with van der Waals surface area (Å²) in [5.41, 5.74) is -0.935. The Labute approximate surface area is 156 Å². The van der Waals surface area contributed by atoms with Crippen LogP contribution in [0.3, 0.4) is 0 Å². The molecule has 1 unspecified atom stereocenters. The van der Waals surface area contributed by atoms with Gasteiger partial charge in [0.2, 0.25) is 5.60 Å². The Morgan fingerprint density at radius 1 is 1.35 bits per heavy atom. The lowest BCUT2D eigenvalue weighted by molar-refractivity contribution is -0.139. The van der Waals surface area contributed by atoms with Crippen LogP contribution in [-0.4, -0.2) is 40.3 Å². The molecule has 0 spiro atoms. The number of carboxylic acid groups (broad SMARTS) is 1. The van der Waals surface area contributed by atoms with E-state index in [4.69, 9.17) is 9.84 Å². The van der Waals surface area contributed by atoms with Crippen LogP contribution >= 0.6 is 15.9 Å². The molecular weight excluding hydrogens is 406 g/mol. The van der Waals surface area contributed by atoms with Gasteiger partial charge in [0.15, 0.2) is 0 Å². The number of aromatic hydroxyl groups is 1. The number of carboxylic acids is 1. The van der Waals surface area contributed by atoms with Crippen LogP contribution in [0.2, 0.25) is 0 Å². The average molecular weight is 420 g/mol. The highest BCUT2D eigenvalue weighted by Crippen LogP contribution is 2.51. The average Bonchev–Trinajstić information content (AvgIpc) is 3.11. The van der Waals surface area contributed by atoms with Gasteiger partial charge in [0.1, 0.15) is 18.0 Å². The third kappa shape index (κ3) is 2.22. The van der Waals surface area contributed by atoms with Gasteiger partial charge in [-0.05, 0) is 23.8 Å². The van der Waals surface area contributed by atoms with Crippen molar-refractivity contribution in [2.45, 2.75) is 12.0 Å². The Kier molecular flexibility index (Phi) is 3.71. The Hall–Kier alpha value is -2.58. The first-order valence-corrected chi connectivity index (χ1v) is 8.67. The smallest absolute Gasteiger partial charge is 0.323 e. The van der Waals surface area contributed by atoms with Crippen molar-refractivity contribution in [3.63, 3.8) is 0 Å². The molecule has 7 nitrogen and oxygen atoms in total. The quantitative estimate of drug-likeness (QED) is 0.699. The maximum Gasteiger partial charge on any atom is 0.323 e. The fourth-order valence-electron chi connectivity index (χ4n) is 3.55. The van der Waals surface area contributed by atoms with Gasteiger partial charge < -0.3 is 20.1 Å². The summed E-state index contributed by atoms with van der Waals surface area (Å²) in [6.45, 7) is -0.143. The molecule has 2 aliphatic rings. The third-order valence-electron chi connectivity index (χ3n) is 4.69. The van der Waals surface area contributed by atoms with Crippen molar-refractivity contribution in [3.8, 4) is 11.5 Å². The SMILES string of the molecule is O=C(O)CN1C(=O)C(O)(c2cc3c(cc2O)OCC3)c2c(Br)cccc21. The van der Waals surface area contributed by atoms with Crippen molar-refractivity contribution in [3.05, 3.63) is 51.5 Å². The number of carbonyl (C=O) groups excluding carboxylic acids is 1. The van der Waals surface area contributed by atoms with E-state index >= 15 is 0 Å². The van der Waals surface area contributed by atoms with Crippen LogP contribution in [0, 0.1) is 0 Å². The number of hydrogen-bond acceptors (Lipinski definition) is 5. The molecule has 4 rings (SSSR count). The van der Waals surface area contributed by atoms with E-state index in [9.17, 15) is 19.8 Å². The number of hydrogen-bond donors (Lipinski definition) is 3. The molecule has 2 aromatic carbocycles. The molecule has 1 amide bonds. The number of benzene rings is 2. The van der Waals surface area contributed by atoms with Crippen molar-refractivity contribution in [2.75, 3.05) is 18.1 Å². The minimum absolute atomic E-state index is 0.00721. The second-order valence-corrected chi connectivity index (χ2v) is 7.06. The summed E-state index contributed by atoms with van der Waals surface area (Å²) in [6, 6.07) is 7.77. The molecule has 0 aromatic heterocycles. The number of carbonyl (C=O) groups is 2. The second-order valence-electron chi connectivity index (χ2n) is 6.20. The highest BCUT2D eigenvalue weighted by Gasteiger charge is 2.54. The largest absolute Gasteiger partial charge is 0.507 e. The molecule has 2 heterocycles. The molecule has 0 radical (unpaired) electrons. The summed E-state index contributed by atoms with van der Waals surface area (Å²) in [5.74, 6) is -1.81. The van der Waals surface area contributed by atoms with E-state index in [-0.39, 0.29) is 22.6 Å². The molecule has 0 bridgehead atoms. The zero-order valence-corrected chi connectivity index (χ0v) is 15.0. The van der Waals surface area contributed by atoms with E-state index in [2.05, 4.69) is 15.9 Å². The Morgan fingerprint density at radius 3 is 2.85 bits per heavy atom. The molecule has 0 fully saturated rings. The van der Waals surface area contributed by atoms with E-state index in [1.807, 2.05) is 0 Å². The van der Waals surface area contributed by atoms with Crippen molar-refractivity contribution >= 4 is 33.5 Å². The van der Waals surface area contributed by atoms with Crippen LogP contribution < -0.4 is 9.64 Å². The van der Waals surface area contributed by atoms with Crippen molar-refractivity contribution < 1.29 is 29.6 Å². The van der Waals surface area contributed by atoms with Gasteiger partial charge in [-0.15, -0.1) is 0 Å². The summed E-state index contributed by atoms with van der Waals surface area (Å²) in [5, 5.41) is 31.1. The van der Waals surface area contributed by atoms with Crippen LogP contribution in [-0.2, 0) is 21.6 Å². The molecule has 2 aliphatic heterocycles. The number of rotatable bonds is 3. The lowest BCUT2D eigenvalue weighted by Crippen LogP contribution is -2.43. The van der Waals surface area contributed by atoms with E-state index in [1.54, 1.807) is 24.3 Å². The third-order valence-corrected chi connectivity index (χ3v) is 5.35. The number of phenolic OH excluding ortho intramolecular Hbond substituents is 1. The van der Waals surface area contributed by atoms with E-state index in [1.165, 1.54) is 6.07 Å². The topological polar surface area (TPSA) is 107 Å². The van der Waals surface area contributed by atoms with Gasteiger partial charge in [-0.25, -0.2) is 0 Å². The molecule has 134 valence electrons. The molecule has 1 atom stereocenters. The Morgan fingerprint density at radius 2 is 2.12 bits per heavy atom. The van der Waals surface area contributed by atoms with Crippen LogP contribution in [0.4, 0.5) is 5.69 Å². The molecule has 2 aromatic rings. The number of aliphatic hydroxyl groups is 1. The lowest BCUT2D eigenvalue weighted by atomic mass is 9.85. The van der Waals surface area contributed by atoms with Crippen LogP contribution in [0.25, 0.3) is 0 Å². The molecule has 26 heavy (non-hydrogen) atoms. The predicted octanol–water partition coefficient (Wildman–Crippen LogP) is 1.76. The number of phenols is 1. The molecular formula is C18H14BrNO6. The Balaban J connectivity index is 1.96. The first-order valence-electron chi connectivity index (χ1n) is 7.88.